The number of halogens is 1. The summed E-state index contributed by atoms with van der Waals surface area (Å²) in [5, 5.41) is 0.118. The molecule has 0 unspecified atom stereocenters. The molecule has 2 aromatic rings. The Kier molecular flexibility index (Phi) is 3.84. The van der Waals surface area contributed by atoms with E-state index in [1.807, 2.05) is 0 Å². The molecule has 108 valence electrons. The number of thiazole rings is 1. The summed E-state index contributed by atoms with van der Waals surface area (Å²) in [4.78, 5) is 26.7. The van der Waals surface area contributed by atoms with Crippen molar-refractivity contribution in [2.24, 2.45) is 14.1 Å². The Bertz CT molecular complexity index is 880. The van der Waals surface area contributed by atoms with Crippen LogP contribution in [0, 0.1) is 0 Å². The van der Waals surface area contributed by atoms with E-state index in [1.54, 1.807) is 0 Å². The Morgan fingerprint density at radius 3 is 2.55 bits per heavy atom. The lowest BCUT2D eigenvalue weighted by molar-refractivity contribution is 0.589. The van der Waals surface area contributed by atoms with Gasteiger partial charge in [0, 0.05) is 20.3 Å². The minimum Gasteiger partial charge on any atom is -0.302 e. The zero-order chi connectivity index (χ0) is 15.1. The van der Waals surface area contributed by atoms with Crippen molar-refractivity contribution >= 4 is 42.4 Å². The smallest absolute Gasteiger partial charge is 0.302 e. The van der Waals surface area contributed by atoms with Gasteiger partial charge in [0.25, 0.3) is 15.6 Å². The van der Waals surface area contributed by atoms with Gasteiger partial charge in [-0.1, -0.05) is 11.3 Å². The van der Waals surface area contributed by atoms with Crippen LogP contribution < -0.4 is 16.0 Å². The lowest BCUT2D eigenvalue weighted by Gasteiger charge is -2.07. The summed E-state index contributed by atoms with van der Waals surface area (Å²) in [6.07, 6.45) is 2.41. The van der Waals surface area contributed by atoms with Crippen molar-refractivity contribution in [2.75, 3.05) is 4.72 Å². The minimum absolute atomic E-state index is 0.118. The first kappa shape index (κ1) is 14.9. The molecule has 0 atom stereocenters. The molecule has 0 saturated carbocycles. The number of hydrogen-bond donors (Lipinski definition) is 1. The first-order valence-corrected chi connectivity index (χ1v) is 8.22. The normalized spacial score (nSPS) is 11.6. The van der Waals surface area contributed by atoms with Crippen molar-refractivity contribution in [2.45, 2.75) is 4.90 Å². The van der Waals surface area contributed by atoms with Crippen molar-refractivity contribution in [1.82, 2.24) is 14.1 Å². The zero-order valence-corrected chi connectivity index (χ0v) is 13.5. The van der Waals surface area contributed by atoms with E-state index in [0.29, 0.717) is 3.79 Å². The molecular formula is C9H9BrN4O4S2. The Morgan fingerprint density at radius 1 is 1.35 bits per heavy atom. The number of anilines is 1. The molecule has 0 aliphatic heterocycles. The molecule has 2 rings (SSSR count). The summed E-state index contributed by atoms with van der Waals surface area (Å²) >= 11 is 4.22. The molecule has 0 radical (unpaired) electrons. The highest BCUT2D eigenvalue weighted by Gasteiger charge is 2.22. The predicted octanol–water partition coefficient (Wildman–Crippen LogP) is 0.104. The Hall–Kier alpha value is -1.46. The van der Waals surface area contributed by atoms with Crippen LogP contribution in [0.15, 0.2) is 30.7 Å². The SMILES string of the molecule is Cn1cc(S(=O)(=O)Nc2ncc(Br)s2)c(=O)n(C)c1=O. The molecule has 0 aliphatic carbocycles. The summed E-state index contributed by atoms with van der Waals surface area (Å²) in [6, 6.07) is 0. The topological polar surface area (TPSA) is 103 Å². The Balaban J connectivity index is 2.56. The second kappa shape index (κ2) is 5.14. The van der Waals surface area contributed by atoms with Gasteiger partial charge in [-0.05, 0) is 15.9 Å². The zero-order valence-electron chi connectivity index (χ0n) is 10.3. The van der Waals surface area contributed by atoms with Crippen LogP contribution in [-0.2, 0) is 24.1 Å². The fourth-order valence-corrected chi connectivity index (χ4v) is 3.94. The summed E-state index contributed by atoms with van der Waals surface area (Å²) in [6.45, 7) is 0. The highest BCUT2D eigenvalue weighted by Crippen LogP contribution is 2.24. The quantitative estimate of drug-likeness (QED) is 0.813. The monoisotopic (exact) mass is 380 g/mol. The predicted molar refractivity (Wildman–Crippen MR) is 77.5 cm³/mol. The number of rotatable bonds is 3. The summed E-state index contributed by atoms with van der Waals surface area (Å²) < 4.78 is 28.9. The number of aromatic nitrogens is 3. The second-order valence-corrected chi connectivity index (χ2v) is 7.89. The lowest BCUT2D eigenvalue weighted by Crippen LogP contribution is -2.40. The average molecular weight is 381 g/mol. The molecule has 2 heterocycles. The van der Waals surface area contributed by atoms with Crippen LogP contribution in [0.2, 0.25) is 0 Å². The van der Waals surface area contributed by atoms with Gasteiger partial charge in [-0.2, -0.15) is 0 Å². The van der Waals surface area contributed by atoms with Crippen LogP contribution >= 0.6 is 27.3 Å². The Labute approximate surface area is 125 Å². The van der Waals surface area contributed by atoms with Crippen LogP contribution in [0.1, 0.15) is 0 Å². The third-order valence-corrected chi connectivity index (χ3v) is 5.25. The van der Waals surface area contributed by atoms with Crippen molar-refractivity contribution in [3.05, 3.63) is 37.0 Å². The third-order valence-electron chi connectivity index (χ3n) is 2.40. The molecule has 0 spiro atoms. The van der Waals surface area contributed by atoms with E-state index in [2.05, 4.69) is 25.6 Å². The van der Waals surface area contributed by atoms with E-state index in [1.165, 1.54) is 20.3 Å². The van der Waals surface area contributed by atoms with Gasteiger partial charge in [-0.25, -0.2) is 18.2 Å². The van der Waals surface area contributed by atoms with Gasteiger partial charge in [-0.15, -0.1) is 0 Å². The standard InChI is InChI=1S/C9H9BrN4O4S2/c1-13-4-5(7(15)14(2)9(13)16)20(17,18)12-8-11-3-6(10)19-8/h3-4H,1-2H3,(H,11,12). The molecule has 2 aromatic heterocycles. The van der Waals surface area contributed by atoms with Crippen LogP contribution in [0.3, 0.4) is 0 Å². The van der Waals surface area contributed by atoms with E-state index in [-0.39, 0.29) is 5.13 Å². The van der Waals surface area contributed by atoms with E-state index < -0.39 is 26.2 Å². The highest BCUT2D eigenvalue weighted by atomic mass is 79.9. The summed E-state index contributed by atoms with van der Waals surface area (Å²) in [5.74, 6) is 0. The fraction of sp³-hybridized carbons (Fsp3) is 0.222. The maximum Gasteiger partial charge on any atom is 0.330 e. The summed E-state index contributed by atoms with van der Waals surface area (Å²) in [7, 11) is -1.53. The lowest BCUT2D eigenvalue weighted by atomic mass is 10.6. The van der Waals surface area contributed by atoms with E-state index >= 15 is 0 Å². The molecule has 20 heavy (non-hydrogen) atoms. The van der Waals surface area contributed by atoms with Gasteiger partial charge in [0.15, 0.2) is 10.0 Å². The Morgan fingerprint density at radius 2 is 2.00 bits per heavy atom. The molecule has 0 aromatic carbocycles. The van der Waals surface area contributed by atoms with Gasteiger partial charge >= 0.3 is 5.69 Å². The van der Waals surface area contributed by atoms with Crippen LogP contribution in [0.5, 0.6) is 0 Å². The van der Waals surface area contributed by atoms with Crippen molar-refractivity contribution in [3.8, 4) is 0 Å². The van der Waals surface area contributed by atoms with Crippen LogP contribution in [0.4, 0.5) is 5.13 Å². The average Bonchev–Trinajstić information content (AvgIpc) is 2.75. The molecule has 0 saturated heterocycles. The third kappa shape index (κ3) is 2.69. The molecule has 8 nitrogen and oxygen atoms in total. The molecule has 0 aliphatic rings. The largest absolute Gasteiger partial charge is 0.330 e. The number of sulfonamides is 1. The molecular weight excluding hydrogens is 372 g/mol. The highest BCUT2D eigenvalue weighted by molar-refractivity contribution is 9.11. The van der Waals surface area contributed by atoms with Crippen molar-refractivity contribution in [3.63, 3.8) is 0 Å². The van der Waals surface area contributed by atoms with Crippen molar-refractivity contribution < 1.29 is 8.42 Å². The molecule has 0 amide bonds. The maximum absolute atomic E-state index is 12.2. The number of nitrogens with one attached hydrogen (secondary N) is 1. The molecule has 0 fully saturated rings. The number of aryl methyl sites for hydroxylation is 1. The number of nitrogens with zero attached hydrogens (tertiary/aromatic N) is 3. The minimum atomic E-state index is -4.11. The maximum atomic E-state index is 12.2. The van der Waals surface area contributed by atoms with Gasteiger partial charge in [0.05, 0.1) is 9.98 Å². The molecule has 11 heteroatoms. The van der Waals surface area contributed by atoms with E-state index in [9.17, 15) is 18.0 Å². The van der Waals surface area contributed by atoms with Gasteiger partial charge in [-0.3, -0.25) is 14.1 Å². The van der Waals surface area contributed by atoms with Crippen LogP contribution in [-0.4, -0.2) is 22.5 Å². The molecule has 1 N–H and O–H groups in total. The fourth-order valence-electron chi connectivity index (χ4n) is 1.43. The van der Waals surface area contributed by atoms with Gasteiger partial charge in [0.1, 0.15) is 0 Å². The first-order valence-electron chi connectivity index (χ1n) is 5.13. The number of hydrogen-bond acceptors (Lipinski definition) is 6. The van der Waals surface area contributed by atoms with Crippen molar-refractivity contribution in [1.29, 1.82) is 0 Å². The first-order chi connectivity index (χ1) is 9.22. The second-order valence-electron chi connectivity index (χ2n) is 3.83. The van der Waals surface area contributed by atoms with Gasteiger partial charge < -0.3 is 4.57 Å². The van der Waals surface area contributed by atoms with Crippen LogP contribution in [0.25, 0.3) is 0 Å². The van der Waals surface area contributed by atoms with E-state index in [0.717, 1.165) is 26.7 Å². The molecule has 0 bridgehead atoms. The summed E-state index contributed by atoms with van der Waals surface area (Å²) in [5.41, 5.74) is -1.50. The van der Waals surface area contributed by atoms with E-state index in [4.69, 9.17) is 0 Å². The van der Waals surface area contributed by atoms with Gasteiger partial charge in [0.2, 0.25) is 0 Å².